The third kappa shape index (κ3) is 9.51. The van der Waals surface area contributed by atoms with Gasteiger partial charge in [-0.3, -0.25) is 24.0 Å². The molecule has 0 aromatic carbocycles. The van der Waals surface area contributed by atoms with Crippen molar-refractivity contribution in [3.05, 3.63) is 0 Å². The Hall–Kier alpha value is -3.22. The minimum Gasteiger partial charge on any atom is -0.480 e. The van der Waals surface area contributed by atoms with Crippen molar-refractivity contribution in [2.75, 3.05) is 0 Å². The summed E-state index contributed by atoms with van der Waals surface area (Å²) in [5.41, 5.74) is 10.3. The summed E-state index contributed by atoms with van der Waals surface area (Å²) in [7, 11) is 0. The molecular formula is C16H28N6O7. The molecule has 0 radical (unpaired) electrons. The van der Waals surface area contributed by atoms with Crippen molar-refractivity contribution in [1.82, 2.24) is 21.3 Å². The zero-order chi connectivity index (χ0) is 22.9. The molecule has 0 heterocycles. The third-order valence-corrected chi connectivity index (χ3v) is 3.69. The first-order valence-corrected chi connectivity index (χ1v) is 8.74. The number of amides is 5. The second kappa shape index (κ2) is 11.6. The number of rotatable bonds is 11. The van der Waals surface area contributed by atoms with Gasteiger partial charge in [-0.05, 0) is 27.7 Å². The highest BCUT2D eigenvalue weighted by atomic mass is 16.4. The van der Waals surface area contributed by atoms with E-state index < -0.39 is 72.1 Å². The van der Waals surface area contributed by atoms with Crippen molar-refractivity contribution < 1.29 is 33.9 Å². The van der Waals surface area contributed by atoms with Crippen LogP contribution in [0.3, 0.4) is 0 Å². The van der Waals surface area contributed by atoms with Crippen LogP contribution in [0.15, 0.2) is 0 Å². The first-order chi connectivity index (χ1) is 13.3. The number of carboxylic acid groups (broad SMARTS) is 1. The van der Waals surface area contributed by atoms with Gasteiger partial charge in [0.25, 0.3) is 0 Å². The molecule has 0 saturated heterocycles. The van der Waals surface area contributed by atoms with Crippen LogP contribution in [-0.4, -0.2) is 70.8 Å². The molecule has 9 N–H and O–H groups in total. The molecular weight excluding hydrogens is 388 g/mol. The highest BCUT2D eigenvalue weighted by Crippen LogP contribution is 1.95. The number of nitrogens with one attached hydrogen (secondary N) is 4. The van der Waals surface area contributed by atoms with Crippen LogP contribution >= 0.6 is 0 Å². The highest BCUT2D eigenvalue weighted by molar-refractivity contribution is 5.95. The van der Waals surface area contributed by atoms with E-state index in [0.29, 0.717) is 0 Å². The standard InChI is InChI=1S/C16H28N6O7/c1-6(17)12(24)19-7(2)13(25)20-8(3)14(26)21-9(4)15(27)22-10(16(28)29)5-11(18)23/h6-10H,5,17H2,1-4H3,(H2,18,23)(H,19,24)(H,20,25)(H,21,26)(H,22,27)(H,28,29)/t6-,7-,8-,9-,10-/m0/s1. The van der Waals surface area contributed by atoms with E-state index in [9.17, 15) is 28.8 Å². The zero-order valence-corrected chi connectivity index (χ0v) is 16.6. The zero-order valence-electron chi connectivity index (χ0n) is 16.6. The minimum atomic E-state index is -1.54. The number of hydrogen-bond donors (Lipinski definition) is 7. The maximum absolute atomic E-state index is 12.1. The predicted octanol–water partition coefficient (Wildman–Crippen LogP) is -3.71. The van der Waals surface area contributed by atoms with Crippen LogP contribution in [0.2, 0.25) is 0 Å². The van der Waals surface area contributed by atoms with E-state index in [2.05, 4.69) is 21.3 Å². The summed E-state index contributed by atoms with van der Waals surface area (Å²) in [5, 5.41) is 18.1. The number of carbonyl (C=O) groups is 6. The van der Waals surface area contributed by atoms with E-state index >= 15 is 0 Å². The van der Waals surface area contributed by atoms with Gasteiger partial charge in [-0.2, -0.15) is 0 Å². The normalized spacial score (nSPS) is 15.6. The maximum Gasteiger partial charge on any atom is 0.326 e. The number of primary amides is 1. The summed E-state index contributed by atoms with van der Waals surface area (Å²) < 4.78 is 0. The third-order valence-electron chi connectivity index (χ3n) is 3.69. The molecule has 0 aromatic heterocycles. The smallest absolute Gasteiger partial charge is 0.326 e. The molecule has 0 aromatic rings. The summed E-state index contributed by atoms with van der Waals surface area (Å²) >= 11 is 0. The summed E-state index contributed by atoms with van der Waals surface area (Å²) in [5.74, 6) is -5.16. The largest absolute Gasteiger partial charge is 0.480 e. The fourth-order valence-electron chi connectivity index (χ4n) is 1.92. The predicted molar refractivity (Wildman–Crippen MR) is 99.8 cm³/mol. The Morgan fingerprint density at radius 2 is 1.07 bits per heavy atom. The lowest BCUT2D eigenvalue weighted by Gasteiger charge is -2.21. The van der Waals surface area contributed by atoms with Crippen molar-refractivity contribution in [2.24, 2.45) is 11.5 Å². The first kappa shape index (κ1) is 25.8. The second-order valence-electron chi connectivity index (χ2n) is 6.55. The van der Waals surface area contributed by atoms with Gasteiger partial charge >= 0.3 is 5.97 Å². The first-order valence-electron chi connectivity index (χ1n) is 8.74. The fraction of sp³-hybridized carbons (Fsp3) is 0.625. The van der Waals surface area contributed by atoms with Crippen LogP contribution in [0.4, 0.5) is 0 Å². The van der Waals surface area contributed by atoms with E-state index in [-0.39, 0.29) is 0 Å². The van der Waals surface area contributed by atoms with E-state index in [1.807, 2.05) is 0 Å². The Labute approximate surface area is 167 Å². The number of carbonyl (C=O) groups excluding carboxylic acids is 5. The lowest BCUT2D eigenvalue weighted by Crippen LogP contribution is -2.56. The second-order valence-corrected chi connectivity index (χ2v) is 6.55. The van der Waals surface area contributed by atoms with Gasteiger partial charge in [0.15, 0.2) is 0 Å². The molecule has 0 rings (SSSR count). The Kier molecular flexibility index (Phi) is 10.3. The molecule has 5 atom stereocenters. The Bertz CT molecular complexity index is 666. The minimum absolute atomic E-state index is 0.543. The van der Waals surface area contributed by atoms with Crippen LogP contribution < -0.4 is 32.7 Å². The number of aliphatic carboxylic acids is 1. The molecule has 29 heavy (non-hydrogen) atoms. The van der Waals surface area contributed by atoms with Gasteiger partial charge in [-0.1, -0.05) is 0 Å². The van der Waals surface area contributed by atoms with Crippen molar-refractivity contribution in [3.63, 3.8) is 0 Å². The summed E-state index contributed by atoms with van der Waals surface area (Å²) in [6, 6.07) is -5.52. The van der Waals surface area contributed by atoms with Gasteiger partial charge in [0.2, 0.25) is 29.5 Å². The Morgan fingerprint density at radius 1 is 0.724 bits per heavy atom. The number of nitrogens with two attached hydrogens (primary N) is 2. The van der Waals surface area contributed by atoms with Crippen molar-refractivity contribution in [3.8, 4) is 0 Å². The van der Waals surface area contributed by atoms with E-state index in [1.54, 1.807) is 0 Å². The lowest BCUT2D eigenvalue weighted by molar-refractivity contribution is -0.143. The van der Waals surface area contributed by atoms with Crippen molar-refractivity contribution in [1.29, 1.82) is 0 Å². The number of hydrogen-bond acceptors (Lipinski definition) is 7. The van der Waals surface area contributed by atoms with Gasteiger partial charge in [0.05, 0.1) is 12.5 Å². The molecule has 0 aliphatic carbocycles. The average Bonchev–Trinajstić information content (AvgIpc) is 2.59. The monoisotopic (exact) mass is 416 g/mol. The Balaban J connectivity index is 4.70. The maximum atomic E-state index is 12.1. The van der Waals surface area contributed by atoms with E-state index in [4.69, 9.17) is 16.6 Å². The molecule has 0 fully saturated rings. The molecule has 0 aliphatic rings. The van der Waals surface area contributed by atoms with E-state index in [1.165, 1.54) is 27.7 Å². The molecule has 13 nitrogen and oxygen atoms in total. The van der Waals surface area contributed by atoms with Crippen LogP contribution in [0.1, 0.15) is 34.1 Å². The fourth-order valence-corrected chi connectivity index (χ4v) is 1.92. The summed E-state index contributed by atoms with van der Waals surface area (Å²) in [6.07, 6.45) is -0.612. The lowest BCUT2D eigenvalue weighted by atomic mass is 10.1. The Morgan fingerprint density at radius 3 is 1.38 bits per heavy atom. The van der Waals surface area contributed by atoms with Crippen LogP contribution in [0, 0.1) is 0 Å². The van der Waals surface area contributed by atoms with Crippen molar-refractivity contribution >= 4 is 35.5 Å². The van der Waals surface area contributed by atoms with Crippen LogP contribution in [0.5, 0.6) is 0 Å². The van der Waals surface area contributed by atoms with E-state index in [0.717, 1.165) is 0 Å². The molecule has 0 spiro atoms. The van der Waals surface area contributed by atoms with Gasteiger partial charge in [0, 0.05) is 0 Å². The van der Waals surface area contributed by atoms with Gasteiger partial charge in [0.1, 0.15) is 24.2 Å². The molecule has 13 heteroatoms. The molecule has 0 unspecified atom stereocenters. The van der Waals surface area contributed by atoms with Gasteiger partial charge in [-0.25, -0.2) is 4.79 Å². The molecule has 5 amide bonds. The molecule has 164 valence electrons. The van der Waals surface area contributed by atoms with Crippen molar-refractivity contribution in [2.45, 2.75) is 64.3 Å². The van der Waals surface area contributed by atoms with Gasteiger partial charge < -0.3 is 37.8 Å². The SMILES string of the molecule is C[C@H](N)C(=O)N[C@@H](C)C(=O)N[C@@H](C)C(=O)N[C@@H](C)C(=O)N[C@@H](CC(N)=O)C(=O)O. The molecule has 0 aliphatic heterocycles. The highest BCUT2D eigenvalue weighted by Gasteiger charge is 2.27. The number of carboxylic acids is 1. The van der Waals surface area contributed by atoms with Crippen LogP contribution in [-0.2, 0) is 28.8 Å². The molecule has 0 saturated carbocycles. The van der Waals surface area contributed by atoms with Crippen LogP contribution in [0.25, 0.3) is 0 Å². The average molecular weight is 416 g/mol. The quantitative estimate of drug-likeness (QED) is 0.177. The summed E-state index contributed by atoms with van der Waals surface area (Å²) in [6.45, 7) is 5.49. The molecule has 0 bridgehead atoms. The topological polar surface area (TPSA) is 223 Å². The van der Waals surface area contributed by atoms with Gasteiger partial charge in [-0.15, -0.1) is 0 Å². The summed E-state index contributed by atoms with van der Waals surface area (Å²) in [4.78, 5) is 69.6.